The van der Waals surface area contributed by atoms with Crippen molar-refractivity contribution in [1.29, 1.82) is 0 Å². The predicted molar refractivity (Wildman–Crippen MR) is 110 cm³/mol. The Morgan fingerprint density at radius 2 is 1.88 bits per heavy atom. The minimum Gasteiger partial charge on any atom is -0.366 e. The Kier molecular flexibility index (Phi) is 8.52. The van der Waals surface area contributed by atoms with Crippen molar-refractivity contribution in [3.05, 3.63) is 35.4 Å². The maximum absolute atomic E-state index is 11.1. The second-order valence-electron chi connectivity index (χ2n) is 6.32. The van der Waals surface area contributed by atoms with Gasteiger partial charge >= 0.3 is 0 Å². The third kappa shape index (κ3) is 5.65. The maximum Gasteiger partial charge on any atom is 0.248 e. The first-order valence-corrected chi connectivity index (χ1v) is 8.49. The maximum atomic E-state index is 11.1. The Hall–Kier alpha value is -1.31. The number of hydrogen-bond acceptors (Lipinski definition) is 2. The van der Waals surface area contributed by atoms with Crippen LogP contribution in [0.4, 0.5) is 0 Å². The molecule has 0 saturated heterocycles. The van der Waals surface area contributed by atoms with Crippen LogP contribution in [0, 0.1) is 5.41 Å². The van der Waals surface area contributed by atoms with E-state index in [1.54, 1.807) is 12.1 Å². The molecule has 1 aliphatic carbocycles. The number of carbonyl (C=O) groups is 1. The van der Waals surface area contributed by atoms with E-state index in [-0.39, 0.29) is 24.0 Å². The molecule has 0 bridgehead atoms. The minimum absolute atomic E-state index is 0. The zero-order valence-electron chi connectivity index (χ0n) is 14.6. The summed E-state index contributed by atoms with van der Waals surface area (Å²) < 4.78 is 0. The number of rotatable bonds is 7. The van der Waals surface area contributed by atoms with Gasteiger partial charge < -0.3 is 16.4 Å². The summed E-state index contributed by atoms with van der Waals surface area (Å²) in [6.07, 6.45) is 5.18. The Labute approximate surface area is 161 Å². The van der Waals surface area contributed by atoms with E-state index in [0.717, 1.165) is 24.6 Å². The number of halogens is 1. The quantitative estimate of drug-likeness (QED) is 0.344. The van der Waals surface area contributed by atoms with E-state index >= 15 is 0 Å². The molecule has 134 valence electrons. The van der Waals surface area contributed by atoms with Gasteiger partial charge in [0, 0.05) is 18.7 Å². The lowest BCUT2D eigenvalue weighted by molar-refractivity contribution is 0.100. The van der Waals surface area contributed by atoms with Crippen LogP contribution in [0.5, 0.6) is 0 Å². The summed E-state index contributed by atoms with van der Waals surface area (Å²) in [5.74, 6) is 0.451. The predicted octanol–water partition coefficient (Wildman–Crippen LogP) is 3.04. The van der Waals surface area contributed by atoms with Crippen LogP contribution in [-0.4, -0.2) is 25.0 Å². The molecule has 0 spiro atoms. The molecule has 0 unspecified atom stereocenters. The molecule has 0 aliphatic heterocycles. The molecule has 6 heteroatoms. The molecular weight excluding hydrogens is 415 g/mol. The monoisotopic (exact) mass is 444 g/mol. The van der Waals surface area contributed by atoms with Gasteiger partial charge in [-0.25, -0.2) is 4.99 Å². The zero-order chi connectivity index (χ0) is 16.7. The topological polar surface area (TPSA) is 79.5 Å². The van der Waals surface area contributed by atoms with Crippen molar-refractivity contribution < 1.29 is 4.79 Å². The second-order valence-corrected chi connectivity index (χ2v) is 6.32. The summed E-state index contributed by atoms with van der Waals surface area (Å²) in [5.41, 5.74) is 7.29. The second kappa shape index (κ2) is 9.86. The van der Waals surface area contributed by atoms with E-state index in [4.69, 9.17) is 5.73 Å². The highest BCUT2D eigenvalue weighted by molar-refractivity contribution is 14.0. The average molecular weight is 444 g/mol. The van der Waals surface area contributed by atoms with Gasteiger partial charge in [-0.3, -0.25) is 4.79 Å². The summed E-state index contributed by atoms with van der Waals surface area (Å²) in [4.78, 5) is 15.7. The number of benzene rings is 1. The molecule has 1 saturated carbocycles. The van der Waals surface area contributed by atoms with E-state index in [0.29, 0.717) is 17.5 Å². The summed E-state index contributed by atoms with van der Waals surface area (Å²) in [6, 6.07) is 7.28. The van der Waals surface area contributed by atoms with Crippen molar-refractivity contribution in [1.82, 2.24) is 10.6 Å². The van der Waals surface area contributed by atoms with E-state index in [1.165, 1.54) is 25.7 Å². The molecule has 0 atom stereocenters. The van der Waals surface area contributed by atoms with Crippen LogP contribution in [0.25, 0.3) is 0 Å². The smallest absolute Gasteiger partial charge is 0.248 e. The lowest BCUT2D eigenvalue weighted by Gasteiger charge is -2.41. The SMILES string of the molecule is CCNC(=NCc1ccc(C(N)=O)cc1)NCC1(CC)CCC1.I. The molecule has 0 heterocycles. The summed E-state index contributed by atoms with van der Waals surface area (Å²) in [7, 11) is 0. The number of guanidine groups is 1. The van der Waals surface area contributed by atoms with Gasteiger partial charge in [0.05, 0.1) is 6.54 Å². The van der Waals surface area contributed by atoms with Gasteiger partial charge in [0.1, 0.15) is 0 Å². The first-order valence-electron chi connectivity index (χ1n) is 8.49. The number of nitrogens with zero attached hydrogens (tertiary/aromatic N) is 1. The van der Waals surface area contributed by atoms with Crippen LogP contribution < -0.4 is 16.4 Å². The molecule has 1 aromatic rings. The molecule has 5 nitrogen and oxygen atoms in total. The molecule has 1 amide bonds. The molecule has 0 radical (unpaired) electrons. The van der Waals surface area contributed by atoms with Crippen molar-refractivity contribution in [2.75, 3.05) is 13.1 Å². The minimum atomic E-state index is -0.402. The molecule has 2 rings (SSSR count). The molecule has 0 aromatic heterocycles. The van der Waals surface area contributed by atoms with E-state index in [9.17, 15) is 4.79 Å². The van der Waals surface area contributed by atoms with Crippen LogP contribution >= 0.6 is 24.0 Å². The van der Waals surface area contributed by atoms with Gasteiger partial charge in [-0.05, 0) is 49.3 Å². The molecule has 4 N–H and O–H groups in total. The number of carbonyl (C=O) groups excluding carboxylic acids is 1. The van der Waals surface area contributed by atoms with E-state index in [2.05, 4.69) is 29.5 Å². The highest BCUT2D eigenvalue weighted by Gasteiger charge is 2.34. The molecule has 1 fully saturated rings. The van der Waals surface area contributed by atoms with Crippen LogP contribution in [-0.2, 0) is 6.54 Å². The average Bonchev–Trinajstić information content (AvgIpc) is 2.52. The zero-order valence-corrected chi connectivity index (χ0v) is 16.9. The fourth-order valence-electron chi connectivity index (χ4n) is 2.89. The van der Waals surface area contributed by atoms with Gasteiger partial charge in [0.2, 0.25) is 5.91 Å². The summed E-state index contributed by atoms with van der Waals surface area (Å²) in [5, 5.41) is 6.77. The van der Waals surface area contributed by atoms with Crippen LogP contribution in [0.1, 0.15) is 55.5 Å². The summed E-state index contributed by atoms with van der Waals surface area (Å²) in [6.45, 7) is 6.73. The largest absolute Gasteiger partial charge is 0.366 e. The summed E-state index contributed by atoms with van der Waals surface area (Å²) >= 11 is 0. The van der Waals surface area contributed by atoms with Crippen LogP contribution in [0.15, 0.2) is 29.3 Å². The molecule has 1 aromatic carbocycles. The fourth-order valence-corrected chi connectivity index (χ4v) is 2.89. The van der Waals surface area contributed by atoms with Crippen molar-refractivity contribution >= 4 is 35.8 Å². The van der Waals surface area contributed by atoms with E-state index < -0.39 is 5.91 Å². The number of nitrogens with one attached hydrogen (secondary N) is 2. The standard InChI is InChI=1S/C18H28N4O.HI/c1-3-18(10-5-11-18)13-22-17(20-4-2)21-12-14-6-8-15(9-7-14)16(19)23;/h6-9H,3-5,10-13H2,1-2H3,(H2,19,23)(H2,20,21,22);1H. The van der Waals surface area contributed by atoms with Crippen LogP contribution in [0.3, 0.4) is 0 Å². The number of nitrogens with two attached hydrogens (primary N) is 1. The van der Waals surface area contributed by atoms with E-state index in [1.807, 2.05) is 12.1 Å². The number of aliphatic imine (C=N–C) groups is 1. The molecular formula is C18H29IN4O. The number of hydrogen-bond donors (Lipinski definition) is 3. The Morgan fingerprint density at radius 3 is 2.33 bits per heavy atom. The Bertz CT molecular complexity index is 547. The normalized spacial score (nSPS) is 15.8. The Morgan fingerprint density at radius 1 is 1.21 bits per heavy atom. The van der Waals surface area contributed by atoms with Gasteiger partial charge in [-0.1, -0.05) is 25.5 Å². The highest BCUT2D eigenvalue weighted by atomic mass is 127. The number of amides is 1. The fraction of sp³-hybridized carbons (Fsp3) is 0.556. The lowest BCUT2D eigenvalue weighted by Crippen LogP contribution is -2.46. The molecule has 1 aliphatic rings. The highest BCUT2D eigenvalue weighted by Crippen LogP contribution is 2.42. The first kappa shape index (κ1) is 20.7. The van der Waals surface area contributed by atoms with Crippen molar-refractivity contribution in [2.45, 2.75) is 46.1 Å². The first-order chi connectivity index (χ1) is 11.1. The van der Waals surface area contributed by atoms with Gasteiger partial charge in [-0.2, -0.15) is 0 Å². The van der Waals surface area contributed by atoms with Crippen molar-refractivity contribution in [3.63, 3.8) is 0 Å². The third-order valence-electron chi connectivity index (χ3n) is 4.80. The lowest BCUT2D eigenvalue weighted by atomic mass is 9.67. The van der Waals surface area contributed by atoms with Crippen molar-refractivity contribution in [3.8, 4) is 0 Å². The molecule has 24 heavy (non-hydrogen) atoms. The number of primary amides is 1. The van der Waals surface area contributed by atoms with Crippen LogP contribution in [0.2, 0.25) is 0 Å². The van der Waals surface area contributed by atoms with Crippen molar-refractivity contribution in [2.24, 2.45) is 16.1 Å². The van der Waals surface area contributed by atoms with Gasteiger partial charge in [0.15, 0.2) is 5.96 Å². The van der Waals surface area contributed by atoms with Gasteiger partial charge in [0.25, 0.3) is 0 Å². The third-order valence-corrected chi connectivity index (χ3v) is 4.80. The Balaban J connectivity index is 0.00000288. The van der Waals surface area contributed by atoms with Gasteiger partial charge in [-0.15, -0.1) is 24.0 Å².